The van der Waals surface area contributed by atoms with E-state index in [1.54, 1.807) is 16.7 Å². The highest BCUT2D eigenvalue weighted by Crippen LogP contribution is 2.30. The van der Waals surface area contributed by atoms with Gasteiger partial charge in [0.05, 0.1) is 25.0 Å². The van der Waals surface area contributed by atoms with Crippen molar-refractivity contribution in [3.05, 3.63) is 71.2 Å². The van der Waals surface area contributed by atoms with E-state index in [9.17, 15) is 4.79 Å². The first-order valence-corrected chi connectivity index (χ1v) is 11.3. The van der Waals surface area contributed by atoms with Crippen molar-refractivity contribution in [2.75, 3.05) is 12.0 Å². The molecule has 0 aliphatic rings. The Kier molecular flexibility index (Phi) is 6.58. The average Bonchev–Trinajstić information content (AvgIpc) is 3.43. The van der Waals surface area contributed by atoms with Gasteiger partial charge in [-0.2, -0.15) is 0 Å². The third-order valence-electron chi connectivity index (χ3n) is 4.40. The molecule has 0 fully saturated rings. The van der Waals surface area contributed by atoms with Crippen LogP contribution in [-0.4, -0.2) is 38.2 Å². The molecule has 0 aliphatic heterocycles. The third kappa shape index (κ3) is 5.09. The molecule has 0 atom stereocenters. The van der Waals surface area contributed by atoms with Crippen LogP contribution < -0.4 is 9.64 Å². The van der Waals surface area contributed by atoms with Gasteiger partial charge in [0.2, 0.25) is 11.1 Å². The summed E-state index contributed by atoms with van der Waals surface area (Å²) in [5, 5.41) is 15.3. The van der Waals surface area contributed by atoms with E-state index in [2.05, 4.69) is 20.5 Å². The van der Waals surface area contributed by atoms with Crippen LogP contribution >= 0.6 is 23.1 Å². The van der Waals surface area contributed by atoms with Crippen molar-refractivity contribution in [3.8, 4) is 5.75 Å². The minimum absolute atomic E-state index is 0.0804. The van der Waals surface area contributed by atoms with E-state index >= 15 is 0 Å². The first-order valence-electron chi connectivity index (χ1n) is 9.46. The minimum atomic E-state index is -0.0804. The molecule has 158 valence electrons. The lowest BCUT2D eigenvalue weighted by atomic mass is 10.2. The Balaban J connectivity index is 1.43. The Hall–Kier alpha value is -3.24. The van der Waals surface area contributed by atoms with E-state index < -0.39 is 0 Å². The quantitative estimate of drug-likeness (QED) is 0.371. The van der Waals surface area contributed by atoms with Crippen molar-refractivity contribution in [2.24, 2.45) is 0 Å². The van der Waals surface area contributed by atoms with Crippen LogP contribution in [0.4, 0.5) is 10.8 Å². The molecule has 1 amide bonds. The SMILES string of the molecule is COc1ccc(Cn2nnnc2SCc2csc(N(C(C)=O)c3ccccc3)n2)cc1. The van der Waals surface area contributed by atoms with Gasteiger partial charge in [-0.3, -0.25) is 9.69 Å². The number of rotatable bonds is 8. The van der Waals surface area contributed by atoms with Crippen LogP contribution in [0.5, 0.6) is 5.75 Å². The summed E-state index contributed by atoms with van der Waals surface area (Å²) in [5.41, 5.74) is 2.74. The van der Waals surface area contributed by atoms with Gasteiger partial charge in [0.15, 0.2) is 5.13 Å². The number of anilines is 2. The first kappa shape index (κ1) is 21.0. The van der Waals surface area contributed by atoms with Gasteiger partial charge in [0, 0.05) is 18.1 Å². The molecule has 2 heterocycles. The largest absolute Gasteiger partial charge is 0.497 e. The number of amides is 1. The van der Waals surface area contributed by atoms with E-state index in [1.165, 1.54) is 30.0 Å². The highest BCUT2D eigenvalue weighted by molar-refractivity contribution is 7.98. The Bertz CT molecular complexity index is 1140. The van der Waals surface area contributed by atoms with Crippen LogP contribution in [0.2, 0.25) is 0 Å². The number of para-hydroxylation sites is 1. The van der Waals surface area contributed by atoms with Crippen molar-refractivity contribution < 1.29 is 9.53 Å². The zero-order chi connectivity index (χ0) is 21.6. The highest BCUT2D eigenvalue weighted by Gasteiger charge is 2.18. The van der Waals surface area contributed by atoms with Crippen LogP contribution in [-0.2, 0) is 17.1 Å². The molecule has 31 heavy (non-hydrogen) atoms. The van der Waals surface area contributed by atoms with E-state index in [1.807, 2.05) is 60.0 Å². The molecule has 0 saturated carbocycles. The molecule has 2 aromatic carbocycles. The predicted octanol–water partition coefficient (Wildman–Crippen LogP) is 4.16. The molecular formula is C21H20N6O2S2. The summed E-state index contributed by atoms with van der Waals surface area (Å²) >= 11 is 2.94. The zero-order valence-corrected chi connectivity index (χ0v) is 18.6. The van der Waals surface area contributed by atoms with Gasteiger partial charge in [-0.15, -0.1) is 16.4 Å². The Morgan fingerprint density at radius 3 is 2.65 bits per heavy atom. The van der Waals surface area contributed by atoms with Gasteiger partial charge in [0.1, 0.15) is 5.75 Å². The van der Waals surface area contributed by atoms with Gasteiger partial charge in [-0.25, -0.2) is 9.67 Å². The van der Waals surface area contributed by atoms with Crippen LogP contribution in [0.25, 0.3) is 0 Å². The van der Waals surface area contributed by atoms with Crippen molar-refractivity contribution in [1.29, 1.82) is 0 Å². The molecule has 0 spiro atoms. The number of methoxy groups -OCH3 is 1. The number of nitrogens with zero attached hydrogens (tertiary/aromatic N) is 6. The molecule has 4 aromatic rings. The number of carbonyl (C=O) groups is 1. The summed E-state index contributed by atoms with van der Waals surface area (Å²) in [6, 6.07) is 17.3. The van der Waals surface area contributed by atoms with Crippen LogP contribution in [0, 0.1) is 0 Å². The normalized spacial score (nSPS) is 10.8. The Morgan fingerprint density at radius 2 is 1.94 bits per heavy atom. The van der Waals surface area contributed by atoms with Crippen molar-refractivity contribution in [3.63, 3.8) is 0 Å². The standard InChI is InChI=1S/C21H20N6O2S2/c1-15(28)27(18-6-4-3-5-7-18)20-22-17(13-30-20)14-31-21-23-24-25-26(21)12-16-8-10-19(29-2)11-9-16/h3-11,13H,12,14H2,1-2H3. The van der Waals surface area contributed by atoms with Crippen molar-refractivity contribution in [2.45, 2.75) is 24.4 Å². The molecule has 10 heteroatoms. The molecule has 8 nitrogen and oxygen atoms in total. The smallest absolute Gasteiger partial charge is 0.230 e. The number of hydrogen-bond donors (Lipinski definition) is 0. The summed E-state index contributed by atoms with van der Waals surface area (Å²) < 4.78 is 6.95. The number of carbonyl (C=O) groups excluding carboxylic acids is 1. The molecule has 0 bridgehead atoms. The van der Waals surface area contributed by atoms with E-state index in [0.29, 0.717) is 22.6 Å². The Morgan fingerprint density at radius 1 is 1.16 bits per heavy atom. The first-order chi connectivity index (χ1) is 15.1. The highest BCUT2D eigenvalue weighted by atomic mass is 32.2. The minimum Gasteiger partial charge on any atom is -0.497 e. The second-order valence-electron chi connectivity index (χ2n) is 6.57. The van der Waals surface area contributed by atoms with Crippen molar-refractivity contribution >= 4 is 39.8 Å². The fourth-order valence-corrected chi connectivity index (χ4v) is 4.67. The molecule has 4 rings (SSSR count). The van der Waals surface area contributed by atoms with E-state index in [-0.39, 0.29) is 5.91 Å². The number of tetrazole rings is 1. The third-order valence-corrected chi connectivity index (χ3v) is 6.27. The summed E-state index contributed by atoms with van der Waals surface area (Å²) in [4.78, 5) is 18.5. The van der Waals surface area contributed by atoms with Gasteiger partial charge in [0.25, 0.3) is 0 Å². The van der Waals surface area contributed by atoms with Crippen LogP contribution in [0.1, 0.15) is 18.2 Å². The lowest BCUT2D eigenvalue weighted by Crippen LogP contribution is -2.22. The van der Waals surface area contributed by atoms with E-state index in [0.717, 1.165) is 22.7 Å². The topological polar surface area (TPSA) is 86.0 Å². The van der Waals surface area contributed by atoms with Gasteiger partial charge in [-0.1, -0.05) is 42.1 Å². The second kappa shape index (κ2) is 9.71. The second-order valence-corrected chi connectivity index (χ2v) is 8.35. The molecule has 0 saturated heterocycles. The summed E-state index contributed by atoms with van der Waals surface area (Å²) in [6.07, 6.45) is 0. The molecule has 0 unspecified atom stereocenters. The maximum Gasteiger partial charge on any atom is 0.230 e. The molecule has 0 radical (unpaired) electrons. The van der Waals surface area contributed by atoms with Crippen LogP contribution in [0.15, 0.2) is 65.1 Å². The summed E-state index contributed by atoms with van der Waals surface area (Å²) in [7, 11) is 1.64. The maximum absolute atomic E-state index is 12.2. The summed E-state index contributed by atoms with van der Waals surface area (Å²) in [6.45, 7) is 2.10. The molecular weight excluding hydrogens is 432 g/mol. The Labute approximate surface area is 187 Å². The fraction of sp³-hybridized carbons (Fsp3) is 0.190. The predicted molar refractivity (Wildman–Crippen MR) is 121 cm³/mol. The number of thioether (sulfide) groups is 1. The number of aromatic nitrogens is 5. The molecule has 2 aromatic heterocycles. The lowest BCUT2D eigenvalue weighted by molar-refractivity contribution is -0.115. The average molecular weight is 453 g/mol. The van der Waals surface area contributed by atoms with Crippen molar-refractivity contribution in [1.82, 2.24) is 25.2 Å². The number of benzene rings is 2. The van der Waals surface area contributed by atoms with E-state index in [4.69, 9.17) is 4.74 Å². The van der Waals surface area contributed by atoms with Gasteiger partial charge >= 0.3 is 0 Å². The lowest BCUT2D eigenvalue weighted by Gasteiger charge is -2.17. The zero-order valence-electron chi connectivity index (χ0n) is 17.0. The number of hydrogen-bond acceptors (Lipinski definition) is 8. The fourth-order valence-electron chi connectivity index (χ4n) is 2.91. The van der Waals surface area contributed by atoms with Crippen LogP contribution in [0.3, 0.4) is 0 Å². The maximum atomic E-state index is 12.2. The molecule has 0 aliphatic carbocycles. The number of thiazole rings is 1. The summed E-state index contributed by atoms with van der Waals surface area (Å²) in [5.74, 6) is 1.33. The van der Waals surface area contributed by atoms with Gasteiger partial charge in [-0.05, 0) is 40.3 Å². The number of ether oxygens (including phenoxy) is 1. The monoisotopic (exact) mass is 452 g/mol. The van der Waals surface area contributed by atoms with Gasteiger partial charge < -0.3 is 4.74 Å². The molecule has 0 N–H and O–H groups in total.